The number of ether oxygens (including phenoxy) is 1. The quantitative estimate of drug-likeness (QED) is 0.678. The molecule has 0 radical (unpaired) electrons. The number of methoxy groups -OCH3 is 1. The zero-order valence-electron chi connectivity index (χ0n) is 12.8. The highest BCUT2D eigenvalue weighted by Crippen LogP contribution is 2.37. The molecule has 1 heterocycles. The number of aromatic amines is 1. The Kier molecular flexibility index (Phi) is 4.46. The zero-order chi connectivity index (χ0) is 15.6. The summed E-state index contributed by atoms with van der Waals surface area (Å²) < 4.78 is 4.84. The molecule has 112 valence electrons. The lowest BCUT2D eigenvalue weighted by Gasteiger charge is -2.26. The first-order chi connectivity index (χ1) is 9.97. The van der Waals surface area contributed by atoms with Crippen LogP contribution in [0.4, 0.5) is 0 Å². The zero-order valence-corrected chi connectivity index (χ0v) is 12.8. The highest BCUT2D eigenvalue weighted by Gasteiger charge is 2.37. The Morgan fingerprint density at radius 1 is 1.19 bits per heavy atom. The maximum absolute atomic E-state index is 12.1. The van der Waals surface area contributed by atoms with E-state index in [9.17, 15) is 9.59 Å². The van der Waals surface area contributed by atoms with Crippen LogP contribution in [0.15, 0.2) is 30.5 Å². The van der Waals surface area contributed by atoms with Crippen molar-refractivity contribution in [2.75, 3.05) is 7.11 Å². The van der Waals surface area contributed by atoms with E-state index >= 15 is 0 Å². The predicted molar refractivity (Wildman–Crippen MR) is 82.1 cm³/mol. The van der Waals surface area contributed by atoms with Crippen molar-refractivity contribution in [2.45, 2.75) is 26.7 Å². The molecule has 1 aromatic heterocycles. The monoisotopic (exact) mass is 287 g/mol. The maximum atomic E-state index is 12.1. The van der Waals surface area contributed by atoms with E-state index in [2.05, 4.69) is 4.98 Å². The number of carbonyl (C=O) groups excluding carboxylic acids is 2. The van der Waals surface area contributed by atoms with Crippen LogP contribution < -0.4 is 0 Å². The second-order valence-corrected chi connectivity index (χ2v) is 5.67. The van der Waals surface area contributed by atoms with Crippen molar-refractivity contribution in [1.82, 2.24) is 4.98 Å². The molecule has 0 aliphatic rings. The van der Waals surface area contributed by atoms with Gasteiger partial charge in [-0.2, -0.15) is 0 Å². The molecule has 0 saturated heterocycles. The molecule has 21 heavy (non-hydrogen) atoms. The summed E-state index contributed by atoms with van der Waals surface area (Å²) in [6.45, 7) is 5.49. The van der Waals surface area contributed by atoms with Crippen LogP contribution in [0.1, 0.15) is 32.3 Å². The maximum Gasteiger partial charge on any atom is 0.316 e. The topological polar surface area (TPSA) is 59.2 Å². The first-order valence-corrected chi connectivity index (χ1v) is 7.11. The van der Waals surface area contributed by atoms with Gasteiger partial charge in [0.1, 0.15) is 11.7 Å². The molecular formula is C17H21NO3. The van der Waals surface area contributed by atoms with Gasteiger partial charge in [0.2, 0.25) is 0 Å². The molecule has 0 spiro atoms. The molecule has 0 bridgehead atoms. The van der Waals surface area contributed by atoms with Gasteiger partial charge in [0.05, 0.1) is 7.11 Å². The van der Waals surface area contributed by atoms with Gasteiger partial charge in [-0.1, -0.05) is 32.0 Å². The standard InChI is InChI=1S/C17H21NO3/c1-10(2)15(16(11(3)19)17(20)21-4)13-9-18-14-8-6-5-7-12(13)14/h5-10,15-16,18H,1-4H3. The van der Waals surface area contributed by atoms with Crippen molar-refractivity contribution in [3.63, 3.8) is 0 Å². The van der Waals surface area contributed by atoms with Crippen LogP contribution >= 0.6 is 0 Å². The number of ketones is 1. The van der Waals surface area contributed by atoms with Crippen LogP contribution in [0.3, 0.4) is 0 Å². The number of fused-ring (bicyclic) bond motifs is 1. The fourth-order valence-corrected chi connectivity index (χ4v) is 2.99. The lowest BCUT2D eigenvalue weighted by Crippen LogP contribution is -2.32. The van der Waals surface area contributed by atoms with Crippen LogP contribution in [-0.2, 0) is 14.3 Å². The highest BCUT2D eigenvalue weighted by atomic mass is 16.5. The molecule has 0 fully saturated rings. The van der Waals surface area contributed by atoms with E-state index in [1.165, 1.54) is 14.0 Å². The Labute approximate surface area is 124 Å². The summed E-state index contributed by atoms with van der Waals surface area (Å²) in [5, 5.41) is 1.05. The second kappa shape index (κ2) is 6.12. The summed E-state index contributed by atoms with van der Waals surface area (Å²) in [4.78, 5) is 27.3. The van der Waals surface area contributed by atoms with Crippen molar-refractivity contribution in [1.29, 1.82) is 0 Å². The van der Waals surface area contributed by atoms with E-state index in [-0.39, 0.29) is 17.6 Å². The first-order valence-electron chi connectivity index (χ1n) is 7.11. The third-order valence-corrected chi connectivity index (χ3v) is 3.95. The van der Waals surface area contributed by atoms with Crippen molar-refractivity contribution in [3.05, 3.63) is 36.0 Å². The predicted octanol–water partition coefficient (Wildman–Crippen LogP) is 3.29. The van der Waals surface area contributed by atoms with E-state index in [0.717, 1.165) is 16.5 Å². The van der Waals surface area contributed by atoms with Crippen molar-refractivity contribution < 1.29 is 14.3 Å². The average molecular weight is 287 g/mol. The molecule has 2 unspecified atom stereocenters. The third-order valence-electron chi connectivity index (χ3n) is 3.95. The second-order valence-electron chi connectivity index (χ2n) is 5.67. The largest absolute Gasteiger partial charge is 0.468 e. The van der Waals surface area contributed by atoms with Crippen molar-refractivity contribution in [2.24, 2.45) is 11.8 Å². The number of H-pyrrole nitrogens is 1. The van der Waals surface area contributed by atoms with E-state index in [4.69, 9.17) is 4.74 Å². The van der Waals surface area contributed by atoms with Gasteiger partial charge in [-0.25, -0.2) is 0 Å². The summed E-state index contributed by atoms with van der Waals surface area (Å²) in [5.41, 5.74) is 2.00. The summed E-state index contributed by atoms with van der Waals surface area (Å²) in [7, 11) is 1.32. The third kappa shape index (κ3) is 2.84. The number of benzene rings is 1. The van der Waals surface area contributed by atoms with Gasteiger partial charge >= 0.3 is 5.97 Å². The average Bonchev–Trinajstić information content (AvgIpc) is 2.86. The van der Waals surface area contributed by atoms with Crippen LogP contribution in [0.5, 0.6) is 0 Å². The Balaban J connectivity index is 2.57. The van der Waals surface area contributed by atoms with Crippen molar-refractivity contribution in [3.8, 4) is 0 Å². The lowest BCUT2D eigenvalue weighted by molar-refractivity contribution is -0.150. The normalized spacial score (nSPS) is 14.1. The molecule has 0 amide bonds. The number of Topliss-reactive ketones (excluding diaryl/α,β-unsaturated/α-hetero) is 1. The fraction of sp³-hybridized carbons (Fsp3) is 0.412. The minimum atomic E-state index is -0.769. The van der Waals surface area contributed by atoms with Gasteiger partial charge in [-0.15, -0.1) is 0 Å². The number of nitrogens with one attached hydrogen (secondary N) is 1. The SMILES string of the molecule is COC(=O)C(C(C)=O)C(c1c[nH]c2ccccc12)C(C)C. The number of aromatic nitrogens is 1. The summed E-state index contributed by atoms with van der Waals surface area (Å²) in [6, 6.07) is 7.90. The number of carbonyl (C=O) groups is 2. The summed E-state index contributed by atoms with van der Waals surface area (Å²) >= 11 is 0. The Hall–Kier alpha value is -2.10. The van der Waals surface area contributed by atoms with E-state index < -0.39 is 11.9 Å². The number of esters is 1. The molecule has 2 aromatic rings. The lowest BCUT2D eigenvalue weighted by atomic mass is 9.76. The van der Waals surface area contributed by atoms with Gasteiger partial charge in [-0.05, 0) is 24.5 Å². The van der Waals surface area contributed by atoms with Gasteiger partial charge in [0, 0.05) is 23.0 Å². The van der Waals surface area contributed by atoms with Crippen molar-refractivity contribution >= 4 is 22.7 Å². The number of para-hydroxylation sites is 1. The van der Waals surface area contributed by atoms with Gasteiger partial charge in [-0.3, -0.25) is 9.59 Å². The van der Waals surface area contributed by atoms with Gasteiger partial charge in [0.25, 0.3) is 0 Å². The van der Waals surface area contributed by atoms with Gasteiger partial charge < -0.3 is 9.72 Å². The molecule has 2 rings (SSSR count). The molecular weight excluding hydrogens is 266 g/mol. The minimum absolute atomic E-state index is 0.136. The fourth-order valence-electron chi connectivity index (χ4n) is 2.99. The molecule has 4 nitrogen and oxygen atoms in total. The molecule has 1 aromatic carbocycles. The summed E-state index contributed by atoms with van der Waals surface area (Å²) in [5.74, 6) is -1.46. The number of hydrogen-bond donors (Lipinski definition) is 1. The number of rotatable bonds is 5. The number of hydrogen-bond acceptors (Lipinski definition) is 3. The highest BCUT2D eigenvalue weighted by molar-refractivity contribution is 5.99. The van der Waals surface area contributed by atoms with Crippen LogP contribution in [0, 0.1) is 11.8 Å². The smallest absolute Gasteiger partial charge is 0.316 e. The van der Waals surface area contributed by atoms with Gasteiger partial charge in [0.15, 0.2) is 0 Å². The molecule has 1 N–H and O–H groups in total. The Morgan fingerprint density at radius 3 is 2.43 bits per heavy atom. The minimum Gasteiger partial charge on any atom is -0.468 e. The van der Waals surface area contributed by atoms with E-state index in [0.29, 0.717) is 0 Å². The van der Waals surface area contributed by atoms with E-state index in [1.54, 1.807) is 0 Å². The molecule has 0 aliphatic heterocycles. The summed E-state index contributed by atoms with van der Waals surface area (Å²) in [6.07, 6.45) is 1.90. The van der Waals surface area contributed by atoms with E-state index in [1.807, 2.05) is 44.3 Å². The first kappa shape index (κ1) is 15.3. The van der Waals surface area contributed by atoms with Crippen LogP contribution in [0.2, 0.25) is 0 Å². The molecule has 2 atom stereocenters. The van der Waals surface area contributed by atoms with Crippen LogP contribution in [-0.4, -0.2) is 23.8 Å². The molecule has 4 heteroatoms. The van der Waals surface area contributed by atoms with Crippen LogP contribution in [0.25, 0.3) is 10.9 Å². The Bertz CT molecular complexity index is 657. The Morgan fingerprint density at radius 2 is 1.86 bits per heavy atom. The molecule has 0 aliphatic carbocycles. The molecule has 0 saturated carbocycles.